The number of thiazole rings is 1. The molecule has 0 radical (unpaired) electrons. The van der Waals surface area contributed by atoms with E-state index < -0.39 is 5.54 Å². The smallest absolute Gasteiger partial charge is 0.252 e. The molecular formula is C16H20N2OS. The molecule has 0 bridgehead atoms. The Labute approximate surface area is 124 Å². The molecule has 20 heavy (non-hydrogen) atoms. The van der Waals surface area contributed by atoms with Crippen molar-refractivity contribution in [3.63, 3.8) is 0 Å². The number of nitrogens with one attached hydrogen (secondary N) is 1. The Balaban J connectivity index is 2.12. The fourth-order valence-corrected chi connectivity index (χ4v) is 2.68. The third kappa shape index (κ3) is 3.25. The lowest BCUT2D eigenvalue weighted by molar-refractivity contribution is 0.0912. The first-order valence-corrected chi connectivity index (χ1v) is 7.60. The molecular weight excluding hydrogens is 268 g/mol. The fraction of sp³-hybridized carbons (Fsp3) is 0.375. The van der Waals surface area contributed by atoms with Gasteiger partial charge in [0.1, 0.15) is 5.01 Å². The van der Waals surface area contributed by atoms with Gasteiger partial charge in [0.2, 0.25) is 0 Å². The van der Waals surface area contributed by atoms with Crippen LogP contribution in [0.2, 0.25) is 0 Å². The molecule has 0 saturated heterocycles. The summed E-state index contributed by atoms with van der Waals surface area (Å²) in [6.45, 7) is 8.21. The van der Waals surface area contributed by atoms with Gasteiger partial charge in [0.15, 0.2) is 0 Å². The van der Waals surface area contributed by atoms with E-state index in [0.717, 1.165) is 5.01 Å². The second kappa shape index (κ2) is 5.75. The zero-order valence-corrected chi connectivity index (χ0v) is 13.1. The summed E-state index contributed by atoms with van der Waals surface area (Å²) >= 11 is 1.55. The fourth-order valence-electron chi connectivity index (χ4n) is 1.96. The quantitative estimate of drug-likeness (QED) is 0.926. The maximum atomic E-state index is 12.3. The summed E-state index contributed by atoms with van der Waals surface area (Å²) in [6.07, 6.45) is 1.76. The molecule has 2 aromatic rings. The maximum absolute atomic E-state index is 12.3. The van der Waals surface area contributed by atoms with Gasteiger partial charge < -0.3 is 5.32 Å². The average Bonchev–Trinajstić information content (AvgIpc) is 2.93. The summed E-state index contributed by atoms with van der Waals surface area (Å²) < 4.78 is 0. The minimum absolute atomic E-state index is 0.0690. The van der Waals surface area contributed by atoms with Gasteiger partial charge in [0, 0.05) is 17.1 Å². The number of rotatable bonds is 4. The van der Waals surface area contributed by atoms with E-state index in [2.05, 4.69) is 24.1 Å². The molecule has 0 atom stereocenters. The molecule has 1 amide bonds. The van der Waals surface area contributed by atoms with Crippen LogP contribution in [0.1, 0.15) is 54.5 Å². The summed E-state index contributed by atoms with van der Waals surface area (Å²) in [7, 11) is 0. The maximum Gasteiger partial charge on any atom is 0.252 e. The average molecular weight is 288 g/mol. The lowest BCUT2D eigenvalue weighted by atomic mass is 10.0. The molecule has 2 rings (SSSR count). The summed E-state index contributed by atoms with van der Waals surface area (Å²) in [4.78, 5) is 16.6. The van der Waals surface area contributed by atoms with Crippen molar-refractivity contribution >= 4 is 17.2 Å². The van der Waals surface area contributed by atoms with Crippen molar-refractivity contribution in [1.29, 1.82) is 0 Å². The Morgan fingerprint density at radius 1 is 1.25 bits per heavy atom. The molecule has 1 heterocycles. The molecule has 0 saturated carbocycles. The van der Waals surface area contributed by atoms with E-state index >= 15 is 0 Å². The summed E-state index contributed by atoms with van der Waals surface area (Å²) in [6, 6.07) is 7.77. The molecule has 106 valence electrons. The highest BCUT2D eigenvalue weighted by molar-refractivity contribution is 7.09. The van der Waals surface area contributed by atoms with Gasteiger partial charge in [0.05, 0.1) is 5.54 Å². The van der Waals surface area contributed by atoms with Crippen LogP contribution in [0.3, 0.4) is 0 Å². The predicted molar refractivity (Wildman–Crippen MR) is 83.1 cm³/mol. The van der Waals surface area contributed by atoms with E-state index in [9.17, 15) is 4.79 Å². The van der Waals surface area contributed by atoms with Gasteiger partial charge >= 0.3 is 0 Å². The van der Waals surface area contributed by atoms with Crippen LogP contribution in [0.4, 0.5) is 0 Å². The minimum atomic E-state index is -0.456. The third-order valence-corrected chi connectivity index (χ3v) is 4.33. The normalized spacial score (nSPS) is 11.7. The molecule has 3 nitrogen and oxygen atoms in total. The van der Waals surface area contributed by atoms with Gasteiger partial charge in [-0.15, -0.1) is 11.3 Å². The Hall–Kier alpha value is -1.68. The molecule has 0 aliphatic heterocycles. The molecule has 0 aliphatic carbocycles. The van der Waals surface area contributed by atoms with Gasteiger partial charge in [-0.25, -0.2) is 4.98 Å². The minimum Gasteiger partial charge on any atom is -0.341 e. The molecule has 4 heteroatoms. The highest BCUT2D eigenvalue weighted by atomic mass is 32.1. The molecule has 0 spiro atoms. The highest BCUT2D eigenvalue weighted by Gasteiger charge is 2.25. The molecule has 0 unspecified atom stereocenters. The van der Waals surface area contributed by atoms with E-state index in [1.807, 2.05) is 43.5 Å². The number of hydrogen-bond donors (Lipinski definition) is 1. The first-order chi connectivity index (χ1) is 9.40. The van der Waals surface area contributed by atoms with Crippen LogP contribution in [0.25, 0.3) is 0 Å². The Kier molecular flexibility index (Phi) is 4.23. The molecule has 1 N–H and O–H groups in total. The van der Waals surface area contributed by atoms with Crippen molar-refractivity contribution in [3.05, 3.63) is 52.0 Å². The number of carbonyl (C=O) groups excluding carboxylic acids is 1. The van der Waals surface area contributed by atoms with E-state index in [4.69, 9.17) is 0 Å². The van der Waals surface area contributed by atoms with Gasteiger partial charge in [-0.2, -0.15) is 0 Å². The van der Waals surface area contributed by atoms with Crippen molar-refractivity contribution in [2.24, 2.45) is 0 Å². The first kappa shape index (κ1) is 14.7. The zero-order chi connectivity index (χ0) is 14.8. The first-order valence-electron chi connectivity index (χ1n) is 6.72. The molecule has 1 aromatic carbocycles. The van der Waals surface area contributed by atoms with Crippen LogP contribution in [0.15, 0.2) is 35.8 Å². The van der Waals surface area contributed by atoms with E-state index in [1.165, 1.54) is 5.56 Å². The van der Waals surface area contributed by atoms with Crippen LogP contribution in [0.5, 0.6) is 0 Å². The van der Waals surface area contributed by atoms with Gasteiger partial charge in [-0.3, -0.25) is 4.79 Å². The van der Waals surface area contributed by atoms with Crippen molar-refractivity contribution in [3.8, 4) is 0 Å². The molecule has 1 aromatic heterocycles. The second-order valence-corrected chi connectivity index (χ2v) is 6.59. The summed E-state index contributed by atoms with van der Waals surface area (Å²) in [5.41, 5.74) is 1.46. The van der Waals surface area contributed by atoms with Gasteiger partial charge in [-0.05, 0) is 37.5 Å². The van der Waals surface area contributed by atoms with Gasteiger partial charge in [0.25, 0.3) is 5.91 Å². The zero-order valence-electron chi connectivity index (χ0n) is 12.3. The second-order valence-electron chi connectivity index (χ2n) is 5.69. The van der Waals surface area contributed by atoms with E-state index in [1.54, 1.807) is 17.5 Å². The van der Waals surface area contributed by atoms with Crippen molar-refractivity contribution in [1.82, 2.24) is 10.3 Å². The van der Waals surface area contributed by atoms with Crippen molar-refractivity contribution in [2.75, 3.05) is 0 Å². The monoisotopic (exact) mass is 288 g/mol. The van der Waals surface area contributed by atoms with Crippen molar-refractivity contribution in [2.45, 2.75) is 39.2 Å². The van der Waals surface area contributed by atoms with E-state index in [-0.39, 0.29) is 5.91 Å². The highest BCUT2D eigenvalue weighted by Crippen LogP contribution is 2.23. The number of nitrogens with zero attached hydrogens (tertiary/aromatic N) is 1. The molecule has 0 aliphatic rings. The SMILES string of the molecule is CC(C)c1ccc(C(=O)NC(C)(C)c2nccs2)cc1. The Morgan fingerprint density at radius 3 is 2.40 bits per heavy atom. The third-order valence-electron chi connectivity index (χ3n) is 3.23. The molecule has 0 fully saturated rings. The van der Waals surface area contributed by atoms with Crippen LogP contribution in [-0.4, -0.2) is 10.9 Å². The van der Waals surface area contributed by atoms with Crippen LogP contribution in [0, 0.1) is 0 Å². The van der Waals surface area contributed by atoms with Crippen LogP contribution < -0.4 is 5.32 Å². The largest absolute Gasteiger partial charge is 0.341 e. The lowest BCUT2D eigenvalue weighted by Gasteiger charge is -2.23. The van der Waals surface area contributed by atoms with Crippen LogP contribution in [-0.2, 0) is 5.54 Å². The predicted octanol–water partition coefficient (Wildman–Crippen LogP) is 3.93. The van der Waals surface area contributed by atoms with Crippen molar-refractivity contribution < 1.29 is 4.79 Å². The number of aromatic nitrogens is 1. The summed E-state index contributed by atoms with van der Waals surface area (Å²) in [5.74, 6) is 0.402. The topological polar surface area (TPSA) is 42.0 Å². The lowest BCUT2D eigenvalue weighted by Crippen LogP contribution is -2.40. The number of carbonyl (C=O) groups is 1. The Morgan fingerprint density at radius 2 is 1.90 bits per heavy atom. The van der Waals surface area contributed by atoms with Gasteiger partial charge in [-0.1, -0.05) is 26.0 Å². The summed E-state index contributed by atoms with van der Waals surface area (Å²) in [5, 5.41) is 5.86. The number of benzene rings is 1. The van der Waals surface area contributed by atoms with Crippen LogP contribution >= 0.6 is 11.3 Å². The number of hydrogen-bond acceptors (Lipinski definition) is 3. The van der Waals surface area contributed by atoms with E-state index in [0.29, 0.717) is 11.5 Å². The Bertz CT molecular complexity index is 571. The standard InChI is InChI=1S/C16H20N2OS/c1-11(2)12-5-7-13(8-6-12)14(19)18-16(3,4)15-17-9-10-20-15/h5-11H,1-4H3,(H,18,19). The number of amides is 1.